The molecule has 1 aromatic heterocycles. The summed E-state index contributed by atoms with van der Waals surface area (Å²) in [6.45, 7) is 1.74. The third-order valence-electron chi connectivity index (χ3n) is 4.29. The van der Waals surface area contributed by atoms with E-state index in [1.165, 1.54) is 11.1 Å². The highest BCUT2D eigenvalue weighted by molar-refractivity contribution is 6.15. The van der Waals surface area contributed by atoms with Gasteiger partial charge in [0.25, 0.3) is 0 Å². The Morgan fingerprint density at radius 2 is 2.08 bits per heavy atom. The molecule has 0 bridgehead atoms. The van der Waals surface area contributed by atoms with Crippen molar-refractivity contribution in [3.05, 3.63) is 35.7 Å². The number of nitrogens with zero attached hydrogens (tertiary/aromatic N) is 4. The molecule has 0 unspecified atom stereocenters. The van der Waals surface area contributed by atoms with Crippen LogP contribution in [0, 0.1) is 6.92 Å². The average Bonchev–Trinajstić information content (AvgIpc) is 3.06. The molecule has 132 valence electrons. The molecule has 1 aliphatic rings. The third kappa shape index (κ3) is 4.23. The molecule has 0 atom stereocenters. The molecule has 0 amide bonds. The van der Waals surface area contributed by atoms with Crippen LogP contribution in [0.1, 0.15) is 43.5 Å². The highest BCUT2D eigenvalue weighted by atomic mass is 16.5. The summed E-state index contributed by atoms with van der Waals surface area (Å²) in [5.41, 5.74) is 1.10. The van der Waals surface area contributed by atoms with Gasteiger partial charge in [0.05, 0.1) is 7.11 Å². The quantitative estimate of drug-likeness (QED) is 0.614. The summed E-state index contributed by atoms with van der Waals surface area (Å²) in [4.78, 5) is 12.8. The van der Waals surface area contributed by atoms with Crippen LogP contribution in [0.3, 0.4) is 0 Å². The summed E-state index contributed by atoms with van der Waals surface area (Å²) < 4.78 is 12.4. The van der Waals surface area contributed by atoms with Crippen molar-refractivity contribution < 1.29 is 14.3 Å². The van der Waals surface area contributed by atoms with Crippen LogP contribution in [0.2, 0.25) is 0 Å². The van der Waals surface area contributed by atoms with E-state index in [0.717, 1.165) is 31.2 Å². The second kappa shape index (κ2) is 7.92. The van der Waals surface area contributed by atoms with Crippen molar-refractivity contribution in [3.8, 4) is 5.75 Å². The van der Waals surface area contributed by atoms with Crippen molar-refractivity contribution in [1.82, 2.24) is 20.2 Å². The molecule has 25 heavy (non-hydrogen) atoms. The number of carbonyl (C=O) groups excluding carboxylic acids is 1. The lowest BCUT2D eigenvalue weighted by Gasteiger charge is -2.22. The van der Waals surface area contributed by atoms with Crippen molar-refractivity contribution in [1.29, 1.82) is 0 Å². The van der Waals surface area contributed by atoms with Crippen LogP contribution in [0.25, 0.3) is 11.8 Å². The number of aromatic nitrogens is 4. The van der Waals surface area contributed by atoms with Gasteiger partial charge in [-0.15, -0.1) is 5.10 Å². The Balaban J connectivity index is 1.90. The topological polar surface area (TPSA) is 79.1 Å². The standard InChI is InChI=1S/C18H22N4O3/c1-13-19-20-21-22(13)17(12-14-7-6-10-16(11-14)24-2)18(23)25-15-8-4-3-5-9-15/h6-7,10-12,15H,3-5,8-9H2,1-2H3/b17-12+. The highest BCUT2D eigenvalue weighted by Crippen LogP contribution is 2.23. The third-order valence-corrected chi connectivity index (χ3v) is 4.29. The van der Waals surface area contributed by atoms with Crippen LogP contribution in [0.5, 0.6) is 5.75 Å². The van der Waals surface area contributed by atoms with Gasteiger partial charge in [0.2, 0.25) is 0 Å². The molecule has 1 aromatic carbocycles. The number of rotatable bonds is 5. The van der Waals surface area contributed by atoms with Crippen molar-refractivity contribution in [3.63, 3.8) is 0 Å². The Bertz CT molecular complexity index is 763. The maximum Gasteiger partial charge on any atom is 0.357 e. The molecule has 0 spiro atoms. The van der Waals surface area contributed by atoms with Gasteiger partial charge < -0.3 is 9.47 Å². The predicted octanol–water partition coefficient (Wildman–Crippen LogP) is 2.86. The molecular weight excluding hydrogens is 320 g/mol. The Morgan fingerprint density at radius 3 is 2.76 bits per heavy atom. The van der Waals surface area contributed by atoms with Crippen LogP contribution in [0.15, 0.2) is 24.3 Å². The Kier molecular flexibility index (Phi) is 5.42. The fraction of sp³-hybridized carbons (Fsp3) is 0.444. The fourth-order valence-corrected chi connectivity index (χ4v) is 2.94. The van der Waals surface area contributed by atoms with Crippen molar-refractivity contribution in [2.75, 3.05) is 7.11 Å². The number of ether oxygens (including phenoxy) is 2. The van der Waals surface area contributed by atoms with Gasteiger partial charge in [-0.3, -0.25) is 0 Å². The summed E-state index contributed by atoms with van der Waals surface area (Å²) in [6.07, 6.45) is 6.89. The molecule has 0 aliphatic heterocycles. The number of esters is 1. The molecular formula is C18H22N4O3. The van der Waals surface area contributed by atoms with E-state index in [9.17, 15) is 4.79 Å². The summed E-state index contributed by atoms with van der Waals surface area (Å²) in [7, 11) is 1.60. The Morgan fingerprint density at radius 1 is 1.28 bits per heavy atom. The van der Waals surface area contributed by atoms with Gasteiger partial charge in [-0.05, 0) is 66.8 Å². The zero-order valence-corrected chi connectivity index (χ0v) is 14.5. The molecule has 1 saturated carbocycles. The molecule has 0 radical (unpaired) electrons. The van der Waals surface area contributed by atoms with Crippen molar-refractivity contribution >= 4 is 17.7 Å². The van der Waals surface area contributed by atoms with E-state index in [1.54, 1.807) is 20.1 Å². The van der Waals surface area contributed by atoms with E-state index in [-0.39, 0.29) is 6.10 Å². The fourth-order valence-electron chi connectivity index (χ4n) is 2.94. The number of benzene rings is 1. The van der Waals surface area contributed by atoms with Gasteiger partial charge in [0.15, 0.2) is 11.5 Å². The second-order valence-corrected chi connectivity index (χ2v) is 6.11. The maximum absolute atomic E-state index is 12.8. The number of carbonyl (C=O) groups is 1. The molecule has 0 saturated heterocycles. The molecule has 7 heteroatoms. The lowest BCUT2D eigenvalue weighted by Crippen LogP contribution is -2.23. The summed E-state index contributed by atoms with van der Waals surface area (Å²) in [6, 6.07) is 7.44. The lowest BCUT2D eigenvalue weighted by atomic mass is 9.98. The van der Waals surface area contributed by atoms with Crippen molar-refractivity contribution in [2.45, 2.75) is 45.1 Å². The van der Waals surface area contributed by atoms with E-state index >= 15 is 0 Å². The summed E-state index contributed by atoms with van der Waals surface area (Å²) >= 11 is 0. The zero-order valence-electron chi connectivity index (χ0n) is 14.5. The minimum absolute atomic E-state index is 0.0354. The first-order valence-corrected chi connectivity index (χ1v) is 8.49. The number of hydrogen-bond acceptors (Lipinski definition) is 6. The van der Waals surface area contributed by atoms with Crippen molar-refractivity contribution in [2.24, 2.45) is 0 Å². The van der Waals surface area contributed by atoms with E-state index in [1.807, 2.05) is 24.3 Å². The van der Waals surface area contributed by atoms with Gasteiger partial charge in [-0.25, -0.2) is 4.79 Å². The van der Waals surface area contributed by atoms with Gasteiger partial charge in [-0.1, -0.05) is 18.6 Å². The molecule has 1 fully saturated rings. The minimum atomic E-state index is -0.412. The first-order valence-electron chi connectivity index (χ1n) is 8.49. The van der Waals surface area contributed by atoms with E-state index in [0.29, 0.717) is 17.3 Å². The SMILES string of the molecule is COc1cccc(/C=C(\C(=O)OC2CCCCC2)n2nnnc2C)c1. The number of tetrazole rings is 1. The normalized spacial score (nSPS) is 15.8. The van der Waals surface area contributed by atoms with E-state index in [2.05, 4.69) is 15.5 Å². The first-order chi connectivity index (χ1) is 12.2. The second-order valence-electron chi connectivity index (χ2n) is 6.11. The molecule has 1 heterocycles. The van der Waals surface area contributed by atoms with Gasteiger partial charge in [-0.2, -0.15) is 4.68 Å². The molecule has 3 rings (SSSR count). The summed E-state index contributed by atoms with van der Waals surface area (Å²) in [5.74, 6) is 0.821. The highest BCUT2D eigenvalue weighted by Gasteiger charge is 2.23. The zero-order chi connectivity index (χ0) is 17.6. The minimum Gasteiger partial charge on any atom is -0.497 e. The van der Waals surface area contributed by atoms with Gasteiger partial charge >= 0.3 is 5.97 Å². The number of methoxy groups -OCH3 is 1. The molecule has 7 nitrogen and oxygen atoms in total. The van der Waals surface area contributed by atoms with Crippen LogP contribution in [-0.2, 0) is 9.53 Å². The smallest absolute Gasteiger partial charge is 0.357 e. The van der Waals surface area contributed by atoms with E-state index in [4.69, 9.17) is 9.47 Å². The number of aryl methyl sites for hydroxylation is 1. The molecule has 0 N–H and O–H groups in total. The predicted molar refractivity (Wildman–Crippen MR) is 92.7 cm³/mol. The average molecular weight is 342 g/mol. The van der Waals surface area contributed by atoms with Gasteiger partial charge in [0.1, 0.15) is 11.9 Å². The van der Waals surface area contributed by atoms with Crippen LogP contribution < -0.4 is 4.74 Å². The Hall–Kier alpha value is -2.70. The first kappa shape index (κ1) is 17.1. The van der Waals surface area contributed by atoms with Crippen LogP contribution >= 0.6 is 0 Å². The monoisotopic (exact) mass is 342 g/mol. The molecule has 2 aromatic rings. The largest absolute Gasteiger partial charge is 0.497 e. The van der Waals surface area contributed by atoms with Crippen LogP contribution in [0.4, 0.5) is 0 Å². The maximum atomic E-state index is 12.8. The van der Waals surface area contributed by atoms with Gasteiger partial charge in [0, 0.05) is 0 Å². The number of hydrogen-bond donors (Lipinski definition) is 0. The van der Waals surface area contributed by atoms with Crippen LogP contribution in [-0.4, -0.2) is 39.4 Å². The lowest BCUT2D eigenvalue weighted by molar-refractivity contribution is -0.143. The molecule has 1 aliphatic carbocycles. The van der Waals surface area contributed by atoms with E-state index < -0.39 is 5.97 Å². The summed E-state index contributed by atoms with van der Waals surface area (Å²) in [5, 5.41) is 11.4. The Labute approximate surface area is 146 Å².